The number of hydrogen-bond donors (Lipinski definition) is 2. The minimum absolute atomic E-state index is 0.119. The fourth-order valence-electron chi connectivity index (χ4n) is 2.91. The molecule has 0 aromatic heterocycles. The van der Waals surface area contributed by atoms with E-state index >= 15 is 0 Å². The number of carbonyl (C=O) groups excluding carboxylic acids is 1. The summed E-state index contributed by atoms with van der Waals surface area (Å²) < 4.78 is 0. The zero-order chi connectivity index (χ0) is 14.9. The van der Waals surface area contributed by atoms with E-state index in [1.54, 1.807) is 6.92 Å². The highest BCUT2D eigenvalue weighted by Gasteiger charge is 2.33. The summed E-state index contributed by atoms with van der Waals surface area (Å²) in [6.45, 7) is 1.76. The Morgan fingerprint density at radius 3 is 2.14 bits per heavy atom. The first kappa shape index (κ1) is 13.8. The molecule has 3 rings (SSSR count). The van der Waals surface area contributed by atoms with Crippen LogP contribution in [-0.4, -0.2) is 11.9 Å². The fourth-order valence-corrected chi connectivity index (χ4v) is 2.91. The van der Waals surface area contributed by atoms with E-state index in [1.807, 2.05) is 42.5 Å². The third-order valence-electron chi connectivity index (χ3n) is 4.23. The average Bonchev–Trinajstić information content (AvgIpc) is 2.90. The van der Waals surface area contributed by atoms with Crippen molar-refractivity contribution in [2.75, 3.05) is 0 Å². The summed E-state index contributed by atoms with van der Waals surface area (Å²) in [5.74, 6) is -0.119. The minimum atomic E-state index is -1.00. The maximum Gasteiger partial charge on any atom is 0.244 e. The summed E-state index contributed by atoms with van der Waals surface area (Å²) in [4.78, 5) is 12.5. The first-order valence-corrected chi connectivity index (χ1v) is 7.29. The molecule has 1 aliphatic rings. The number of nitrogens with one attached hydrogen (secondary N) is 1. The Morgan fingerprint density at radius 2 is 1.57 bits per heavy atom. The summed E-state index contributed by atoms with van der Waals surface area (Å²) >= 11 is 0. The molecule has 3 heteroatoms. The average molecular weight is 280 g/mol. The van der Waals surface area contributed by atoms with Gasteiger partial charge in [-0.05, 0) is 36.5 Å². The minimum Gasteiger partial charge on any atom is -0.351 e. The van der Waals surface area contributed by atoms with E-state index in [9.17, 15) is 4.79 Å². The van der Waals surface area contributed by atoms with Crippen molar-refractivity contribution in [1.29, 1.82) is 0 Å². The van der Waals surface area contributed by atoms with Crippen LogP contribution in [0.15, 0.2) is 54.6 Å². The fraction of sp³-hybridized carbons (Fsp3) is 0.278. The normalized spacial score (nSPS) is 17.0. The van der Waals surface area contributed by atoms with Gasteiger partial charge in [-0.3, -0.25) is 4.79 Å². The third-order valence-corrected chi connectivity index (χ3v) is 4.23. The van der Waals surface area contributed by atoms with Crippen LogP contribution < -0.4 is 11.1 Å². The molecule has 2 aromatic rings. The molecule has 1 unspecified atom stereocenters. The van der Waals surface area contributed by atoms with Gasteiger partial charge in [0.15, 0.2) is 0 Å². The molecule has 0 saturated heterocycles. The van der Waals surface area contributed by atoms with Crippen molar-refractivity contribution in [2.45, 2.75) is 31.3 Å². The number of amides is 1. The number of fused-ring (bicyclic) bond motifs is 1. The molecule has 0 heterocycles. The second-order valence-corrected chi connectivity index (χ2v) is 5.92. The highest BCUT2D eigenvalue weighted by Crippen LogP contribution is 2.23. The van der Waals surface area contributed by atoms with Crippen LogP contribution in [0.3, 0.4) is 0 Å². The molecule has 3 N–H and O–H groups in total. The van der Waals surface area contributed by atoms with Crippen LogP contribution in [0.1, 0.15) is 23.6 Å². The lowest BCUT2D eigenvalue weighted by Crippen LogP contribution is -2.52. The monoisotopic (exact) mass is 280 g/mol. The Balaban J connectivity index is 1.71. The lowest BCUT2D eigenvalue weighted by molar-refractivity contribution is -0.126. The van der Waals surface area contributed by atoms with E-state index in [0.29, 0.717) is 0 Å². The summed E-state index contributed by atoms with van der Waals surface area (Å²) in [6.07, 6.45) is 1.76. The number of benzene rings is 2. The Bertz CT molecular complexity index is 624. The Kier molecular flexibility index (Phi) is 3.52. The van der Waals surface area contributed by atoms with E-state index in [2.05, 4.69) is 17.4 Å². The SMILES string of the molecule is CC(N)(C(=O)NC1Cc2ccccc2C1)c1ccccc1. The Labute approximate surface area is 125 Å². The molecule has 0 fully saturated rings. The van der Waals surface area contributed by atoms with Gasteiger partial charge < -0.3 is 11.1 Å². The van der Waals surface area contributed by atoms with Crippen LogP contribution in [0.4, 0.5) is 0 Å². The van der Waals surface area contributed by atoms with E-state index < -0.39 is 5.54 Å². The highest BCUT2D eigenvalue weighted by molar-refractivity contribution is 5.87. The predicted molar refractivity (Wildman–Crippen MR) is 83.8 cm³/mol. The zero-order valence-corrected chi connectivity index (χ0v) is 12.2. The maximum atomic E-state index is 12.5. The maximum absolute atomic E-state index is 12.5. The van der Waals surface area contributed by atoms with Crippen LogP contribution in [-0.2, 0) is 23.2 Å². The van der Waals surface area contributed by atoms with Gasteiger partial charge in [0.05, 0.1) is 0 Å². The van der Waals surface area contributed by atoms with Gasteiger partial charge in [0.2, 0.25) is 5.91 Å². The summed E-state index contributed by atoms with van der Waals surface area (Å²) in [6, 6.07) is 18.0. The standard InChI is InChI=1S/C18H20N2O/c1-18(19,15-9-3-2-4-10-15)17(21)20-16-11-13-7-5-6-8-14(13)12-16/h2-10,16H,11-12,19H2,1H3,(H,20,21). The lowest BCUT2D eigenvalue weighted by atomic mass is 9.92. The number of carbonyl (C=O) groups is 1. The van der Waals surface area contributed by atoms with Crippen molar-refractivity contribution in [1.82, 2.24) is 5.32 Å². The summed E-state index contributed by atoms with van der Waals surface area (Å²) in [5, 5.41) is 3.10. The topological polar surface area (TPSA) is 55.1 Å². The molecule has 0 bridgehead atoms. The summed E-state index contributed by atoms with van der Waals surface area (Å²) in [7, 11) is 0. The van der Waals surface area contributed by atoms with Crippen LogP contribution in [0, 0.1) is 0 Å². The number of hydrogen-bond acceptors (Lipinski definition) is 2. The predicted octanol–water partition coefficient (Wildman–Crippen LogP) is 2.14. The quantitative estimate of drug-likeness (QED) is 0.905. The van der Waals surface area contributed by atoms with Gasteiger partial charge in [-0.25, -0.2) is 0 Å². The van der Waals surface area contributed by atoms with Crippen molar-refractivity contribution in [3.8, 4) is 0 Å². The molecular formula is C18H20N2O. The molecule has 0 radical (unpaired) electrons. The molecule has 3 nitrogen and oxygen atoms in total. The second-order valence-electron chi connectivity index (χ2n) is 5.92. The van der Waals surface area contributed by atoms with Crippen molar-refractivity contribution >= 4 is 5.91 Å². The van der Waals surface area contributed by atoms with Crippen LogP contribution in [0.2, 0.25) is 0 Å². The van der Waals surface area contributed by atoms with Crippen molar-refractivity contribution < 1.29 is 4.79 Å². The Hall–Kier alpha value is -2.13. The van der Waals surface area contributed by atoms with Crippen LogP contribution in [0.5, 0.6) is 0 Å². The van der Waals surface area contributed by atoms with Crippen molar-refractivity contribution in [2.24, 2.45) is 5.73 Å². The van der Waals surface area contributed by atoms with Crippen molar-refractivity contribution in [3.05, 3.63) is 71.3 Å². The number of nitrogens with two attached hydrogens (primary N) is 1. The van der Waals surface area contributed by atoms with E-state index in [4.69, 9.17) is 5.73 Å². The first-order chi connectivity index (χ1) is 10.1. The van der Waals surface area contributed by atoms with E-state index in [-0.39, 0.29) is 11.9 Å². The van der Waals surface area contributed by atoms with Gasteiger partial charge in [-0.1, -0.05) is 54.6 Å². The molecule has 0 spiro atoms. The Morgan fingerprint density at radius 1 is 1.05 bits per heavy atom. The molecule has 0 aliphatic heterocycles. The van der Waals surface area contributed by atoms with E-state index in [1.165, 1.54) is 11.1 Å². The summed E-state index contributed by atoms with van der Waals surface area (Å²) in [5.41, 5.74) is 8.72. The molecule has 108 valence electrons. The molecule has 1 amide bonds. The molecule has 0 saturated carbocycles. The zero-order valence-electron chi connectivity index (χ0n) is 12.2. The molecular weight excluding hydrogens is 260 g/mol. The van der Waals surface area contributed by atoms with Gasteiger partial charge in [0, 0.05) is 6.04 Å². The largest absolute Gasteiger partial charge is 0.351 e. The highest BCUT2D eigenvalue weighted by atomic mass is 16.2. The van der Waals surface area contributed by atoms with Gasteiger partial charge in [-0.2, -0.15) is 0 Å². The third kappa shape index (κ3) is 2.69. The molecule has 1 aliphatic carbocycles. The first-order valence-electron chi connectivity index (χ1n) is 7.29. The molecule has 1 atom stereocenters. The van der Waals surface area contributed by atoms with E-state index in [0.717, 1.165) is 18.4 Å². The van der Waals surface area contributed by atoms with Crippen molar-refractivity contribution in [3.63, 3.8) is 0 Å². The van der Waals surface area contributed by atoms with Gasteiger partial charge in [0.1, 0.15) is 5.54 Å². The van der Waals surface area contributed by atoms with Gasteiger partial charge in [0.25, 0.3) is 0 Å². The molecule has 21 heavy (non-hydrogen) atoms. The van der Waals surface area contributed by atoms with Gasteiger partial charge >= 0.3 is 0 Å². The van der Waals surface area contributed by atoms with Crippen LogP contribution in [0.25, 0.3) is 0 Å². The second kappa shape index (κ2) is 5.34. The smallest absolute Gasteiger partial charge is 0.244 e. The number of rotatable bonds is 3. The van der Waals surface area contributed by atoms with Crippen LogP contribution >= 0.6 is 0 Å². The lowest BCUT2D eigenvalue weighted by Gasteiger charge is -2.26. The molecule has 2 aromatic carbocycles. The van der Waals surface area contributed by atoms with Gasteiger partial charge in [-0.15, -0.1) is 0 Å².